The fourth-order valence-corrected chi connectivity index (χ4v) is 2.92. The molecular formula is C12H20N2O2S. The second-order valence-electron chi connectivity index (χ2n) is 4.03. The lowest BCUT2D eigenvalue weighted by Gasteiger charge is -2.21. The van der Waals surface area contributed by atoms with Gasteiger partial charge in [-0.3, -0.25) is 4.31 Å². The fourth-order valence-electron chi connectivity index (χ4n) is 1.63. The quantitative estimate of drug-likeness (QED) is 0.782. The molecule has 0 aliphatic carbocycles. The van der Waals surface area contributed by atoms with Crippen molar-refractivity contribution in [2.75, 3.05) is 30.7 Å². The first kappa shape index (κ1) is 14.0. The Bertz CT molecular complexity index is 457. The molecule has 0 amide bonds. The Morgan fingerprint density at radius 3 is 2.53 bits per heavy atom. The van der Waals surface area contributed by atoms with Gasteiger partial charge < -0.3 is 5.32 Å². The SMILES string of the molecule is CNCCCS(=O)(=O)N(C)c1ccccc1C. The second kappa shape index (κ2) is 6.02. The monoisotopic (exact) mass is 256 g/mol. The van der Waals surface area contributed by atoms with Crippen molar-refractivity contribution in [2.24, 2.45) is 0 Å². The van der Waals surface area contributed by atoms with Gasteiger partial charge in [-0.2, -0.15) is 0 Å². The van der Waals surface area contributed by atoms with E-state index in [9.17, 15) is 8.42 Å². The second-order valence-corrected chi connectivity index (χ2v) is 6.15. The summed E-state index contributed by atoms with van der Waals surface area (Å²) in [7, 11) is 0.211. The molecule has 17 heavy (non-hydrogen) atoms. The molecule has 5 heteroatoms. The number of hydrogen-bond donors (Lipinski definition) is 1. The van der Waals surface area contributed by atoms with Crippen LogP contribution in [0.1, 0.15) is 12.0 Å². The highest BCUT2D eigenvalue weighted by molar-refractivity contribution is 7.92. The van der Waals surface area contributed by atoms with E-state index in [0.717, 1.165) is 11.3 Å². The Morgan fingerprint density at radius 2 is 1.94 bits per heavy atom. The predicted octanol–water partition coefficient (Wildman–Crippen LogP) is 1.37. The first-order chi connectivity index (χ1) is 7.99. The largest absolute Gasteiger partial charge is 0.320 e. The molecule has 1 N–H and O–H groups in total. The van der Waals surface area contributed by atoms with Gasteiger partial charge in [0.25, 0.3) is 0 Å². The molecule has 0 radical (unpaired) electrons. The molecule has 0 atom stereocenters. The van der Waals surface area contributed by atoms with Crippen LogP contribution in [-0.4, -0.2) is 34.8 Å². The zero-order valence-electron chi connectivity index (χ0n) is 10.6. The third-order valence-corrected chi connectivity index (χ3v) is 4.54. The van der Waals surface area contributed by atoms with E-state index in [2.05, 4.69) is 5.32 Å². The van der Waals surface area contributed by atoms with Crippen LogP contribution in [0.3, 0.4) is 0 Å². The van der Waals surface area contributed by atoms with Crippen LogP contribution >= 0.6 is 0 Å². The number of nitrogens with one attached hydrogen (secondary N) is 1. The van der Waals surface area contributed by atoms with Crippen molar-refractivity contribution in [2.45, 2.75) is 13.3 Å². The smallest absolute Gasteiger partial charge is 0.234 e. The lowest BCUT2D eigenvalue weighted by atomic mass is 10.2. The zero-order valence-corrected chi connectivity index (χ0v) is 11.4. The molecule has 1 rings (SSSR count). The number of sulfonamides is 1. The van der Waals surface area contributed by atoms with E-state index in [0.29, 0.717) is 13.0 Å². The van der Waals surface area contributed by atoms with Gasteiger partial charge in [0.15, 0.2) is 0 Å². The van der Waals surface area contributed by atoms with Crippen LogP contribution in [0.25, 0.3) is 0 Å². The number of anilines is 1. The molecule has 96 valence electrons. The normalized spacial score (nSPS) is 11.5. The predicted molar refractivity (Wildman–Crippen MR) is 71.9 cm³/mol. The molecule has 0 aliphatic heterocycles. The van der Waals surface area contributed by atoms with E-state index < -0.39 is 10.0 Å². The summed E-state index contributed by atoms with van der Waals surface area (Å²) < 4.78 is 25.5. The van der Waals surface area contributed by atoms with Gasteiger partial charge in [-0.15, -0.1) is 0 Å². The van der Waals surface area contributed by atoms with Gasteiger partial charge in [-0.25, -0.2) is 8.42 Å². The van der Waals surface area contributed by atoms with Crippen molar-refractivity contribution in [3.8, 4) is 0 Å². The molecule has 0 fully saturated rings. The minimum atomic E-state index is -3.21. The van der Waals surface area contributed by atoms with Crippen LogP contribution in [0.4, 0.5) is 5.69 Å². The summed E-state index contributed by atoms with van der Waals surface area (Å²) in [6, 6.07) is 7.49. The standard InChI is InChI=1S/C12H20N2O2S/c1-11-7-4-5-8-12(11)14(3)17(15,16)10-6-9-13-2/h4-5,7-8,13H,6,9-10H2,1-3H3. The zero-order chi connectivity index (χ0) is 12.9. The van der Waals surface area contributed by atoms with Gasteiger partial charge in [-0.05, 0) is 38.6 Å². The minimum Gasteiger partial charge on any atom is -0.320 e. The van der Waals surface area contributed by atoms with E-state index >= 15 is 0 Å². The van der Waals surface area contributed by atoms with Gasteiger partial charge >= 0.3 is 0 Å². The summed E-state index contributed by atoms with van der Waals surface area (Å²) >= 11 is 0. The van der Waals surface area contributed by atoms with Crippen LogP contribution in [0.5, 0.6) is 0 Å². The van der Waals surface area contributed by atoms with Crippen LogP contribution in [0, 0.1) is 6.92 Å². The third-order valence-electron chi connectivity index (χ3n) is 2.70. The van der Waals surface area contributed by atoms with Crippen LogP contribution in [-0.2, 0) is 10.0 Å². The third kappa shape index (κ3) is 3.71. The Labute approximate surface area is 104 Å². The van der Waals surface area contributed by atoms with E-state index in [4.69, 9.17) is 0 Å². The van der Waals surface area contributed by atoms with Gasteiger partial charge in [0.05, 0.1) is 11.4 Å². The maximum atomic E-state index is 12.1. The Balaban J connectivity index is 2.82. The highest BCUT2D eigenvalue weighted by Crippen LogP contribution is 2.20. The summed E-state index contributed by atoms with van der Waals surface area (Å²) in [6.07, 6.45) is 0.620. The van der Waals surface area contributed by atoms with Gasteiger partial charge in [0, 0.05) is 7.05 Å². The molecule has 0 saturated heterocycles. The van der Waals surface area contributed by atoms with Gasteiger partial charge in [0.1, 0.15) is 0 Å². The number of benzene rings is 1. The van der Waals surface area contributed by atoms with Crippen molar-refractivity contribution >= 4 is 15.7 Å². The number of aryl methyl sites for hydroxylation is 1. The number of nitrogens with zero attached hydrogens (tertiary/aromatic N) is 1. The Kier molecular flexibility index (Phi) is 4.96. The van der Waals surface area contributed by atoms with Crippen LogP contribution < -0.4 is 9.62 Å². The maximum absolute atomic E-state index is 12.1. The van der Waals surface area contributed by atoms with Crippen molar-refractivity contribution < 1.29 is 8.42 Å². The first-order valence-electron chi connectivity index (χ1n) is 5.66. The average molecular weight is 256 g/mol. The minimum absolute atomic E-state index is 0.165. The Morgan fingerprint density at radius 1 is 1.29 bits per heavy atom. The van der Waals surface area contributed by atoms with Crippen molar-refractivity contribution in [3.05, 3.63) is 29.8 Å². The molecule has 0 heterocycles. The highest BCUT2D eigenvalue weighted by Gasteiger charge is 2.18. The highest BCUT2D eigenvalue weighted by atomic mass is 32.2. The summed E-state index contributed by atoms with van der Waals surface area (Å²) in [4.78, 5) is 0. The maximum Gasteiger partial charge on any atom is 0.234 e. The van der Waals surface area contributed by atoms with Crippen LogP contribution in [0.15, 0.2) is 24.3 Å². The van der Waals surface area contributed by atoms with Crippen LogP contribution in [0.2, 0.25) is 0 Å². The lowest BCUT2D eigenvalue weighted by molar-refractivity contribution is 0.590. The van der Waals surface area contributed by atoms with Crippen molar-refractivity contribution in [1.29, 1.82) is 0 Å². The molecule has 0 aliphatic rings. The number of para-hydroxylation sites is 1. The van der Waals surface area contributed by atoms with Gasteiger partial charge in [-0.1, -0.05) is 18.2 Å². The first-order valence-corrected chi connectivity index (χ1v) is 7.27. The summed E-state index contributed by atoms with van der Waals surface area (Å²) in [6.45, 7) is 2.62. The molecule has 1 aromatic carbocycles. The van der Waals surface area contributed by atoms with E-state index in [-0.39, 0.29) is 5.75 Å². The average Bonchev–Trinajstić information content (AvgIpc) is 2.29. The molecule has 0 bridgehead atoms. The van der Waals surface area contributed by atoms with Crippen molar-refractivity contribution in [1.82, 2.24) is 5.32 Å². The molecule has 1 aromatic rings. The molecule has 0 unspecified atom stereocenters. The summed E-state index contributed by atoms with van der Waals surface area (Å²) in [5.41, 5.74) is 1.71. The number of rotatable bonds is 6. The summed E-state index contributed by atoms with van der Waals surface area (Å²) in [5, 5.41) is 2.95. The van der Waals surface area contributed by atoms with E-state index in [1.807, 2.05) is 38.2 Å². The lowest BCUT2D eigenvalue weighted by Crippen LogP contribution is -2.30. The van der Waals surface area contributed by atoms with Crippen molar-refractivity contribution in [3.63, 3.8) is 0 Å². The molecule has 0 aromatic heterocycles. The topological polar surface area (TPSA) is 49.4 Å². The molecular weight excluding hydrogens is 236 g/mol. The Hall–Kier alpha value is -1.07. The summed E-state index contributed by atoms with van der Waals surface area (Å²) in [5.74, 6) is 0.165. The number of hydrogen-bond acceptors (Lipinski definition) is 3. The van der Waals surface area contributed by atoms with E-state index in [1.54, 1.807) is 7.05 Å². The molecule has 0 spiro atoms. The molecule has 4 nitrogen and oxygen atoms in total. The van der Waals surface area contributed by atoms with E-state index in [1.165, 1.54) is 4.31 Å². The molecule has 0 saturated carbocycles. The van der Waals surface area contributed by atoms with Gasteiger partial charge in [0.2, 0.25) is 10.0 Å². The fraction of sp³-hybridized carbons (Fsp3) is 0.500.